The molecule has 0 unspecified atom stereocenters. The third-order valence-corrected chi connectivity index (χ3v) is 1.76. The van der Waals surface area contributed by atoms with Crippen molar-refractivity contribution in [2.24, 2.45) is 5.41 Å². The molecule has 0 radical (unpaired) electrons. The summed E-state index contributed by atoms with van der Waals surface area (Å²) in [6.45, 7) is -0.181. The van der Waals surface area contributed by atoms with Gasteiger partial charge in [-0.25, -0.2) is 8.78 Å². The van der Waals surface area contributed by atoms with Gasteiger partial charge in [-0.05, 0) is 0 Å². The first-order valence-electron chi connectivity index (χ1n) is 3.16. The van der Waals surface area contributed by atoms with Crippen LogP contribution < -0.4 is 0 Å². The molecule has 0 aromatic rings. The van der Waals surface area contributed by atoms with E-state index in [2.05, 4.69) is 4.74 Å². The fraction of sp³-hybridized carbons (Fsp3) is 0.833. The molecule has 3 nitrogen and oxygen atoms in total. The number of carbonyl (C=O) groups is 1. The van der Waals surface area contributed by atoms with E-state index in [0.29, 0.717) is 0 Å². The standard InChI is InChI=1S/C6H8F2O3/c7-4(8)1-6(5(9)10)2-11-3-6/h4H,1-3H2,(H,9,10). The number of hydrogen-bond donors (Lipinski definition) is 1. The zero-order chi connectivity index (χ0) is 8.48. The van der Waals surface area contributed by atoms with Crippen molar-refractivity contribution < 1.29 is 23.4 Å². The molecule has 0 atom stereocenters. The molecule has 1 N–H and O–H groups in total. The van der Waals surface area contributed by atoms with Crippen LogP contribution in [0.15, 0.2) is 0 Å². The van der Waals surface area contributed by atoms with Crippen molar-refractivity contribution in [2.45, 2.75) is 12.8 Å². The largest absolute Gasteiger partial charge is 0.481 e. The van der Waals surface area contributed by atoms with Crippen molar-refractivity contribution in [1.82, 2.24) is 0 Å². The van der Waals surface area contributed by atoms with Gasteiger partial charge in [0.25, 0.3) is 0 Å². The molecule has 1 heterocycles. The number of alkyl halides is 2. The zero-order valence-electron chi connectivity index (χ0n) is 5.72. The molecule has 64 valence electrons. The number of rotatable bonds is 3. The Labute approximate surface area is 62.0 Å². The van der Waals surface area contributed by atoms with Crippen LogP contribution in [0.2, 0.25) is 0 Å². The molecule has 1 aliphatic rings. The molecule has 0 spiro atoms. The molecule has 1 fully saturated rings. The summed E-state index contributed by atoms with van der Waals surface area (Å²) in [5.41, 5.74) is -1.31. The summed E-state index contributed by atoms with van der Waals surface area (Å²) in [5.74, 6) is -1.19. The first kappa shape index (κ1) is 8.39. The van der Waals surface area contributed by atoms with E-state index >= 15 is 0 Å². The summed E-state index contributed by atoms with van der Waals surface area (Å²) in [7, 11) is 0. The summed E-state index contributed by atoms with van der Waals surface area (Å²) < 4.78 is 28.2. The van der Waals surface area contributed by atoms with Crippen LogP contribution in [0.4, 0.5) is 8.78 Å². The second-order valence-electron chi connectivity index (χ2n) is 2.67. The molecule has 0 bridgehead atoms. The van der Waals surface area contributed by atoms with Gasteiger partial charge < -0.3 is 9.84 Å². The lowest BCUT2D eigenvalue weighted by molar-refractivity contribution is -0.187. The fourth-order valence-corrected chi connectivity index (χ4v) is 0.972. The molecule has 1 aliphatic heterocycles. The van der Waals surface area contributed by atoms with Crippen molar-refractivity contribution in [3.63, 3.8) is 0 Å². The Bertz CT molecular complexity index is 165. The van der Waals surface area contributed by atoms with Crippen LogP contribution in [0.5, 0.6) is 0 Å². The highest BCUT2D eigenvalue weighted by molar-refractivity contribution is 5.75. The average Bonchev–Trinajstić information content (AvgIpc) is 1.77. The molecular formula is C6H8F2O3. The summed E-state index contributed by atoms with van der Waals surface area (Å²) in [4.78, 5) is 10.4. The van der Waals surface area contributed by atoms with E-state index in [-0.39, 0.29) is 13.2 Å². The van der Waals surface area contributed by atoms with Gasteiger partial charge in [0.2, 0.25) is 6.43 Å². The van der Waals surface area contributed by atoms with E-state index in [1.807, 2.05) is 0 Å². The highest BCUT2D eigenvalue weighted by Crippen LogP contribution is 2.34. The van der Waals surface area contributed by atoms with E-state index in [0.717, 1.165) is 0 Å². The Kier molecular flexibility index (Phi) is 2.08. The van der Waals surface area contributed by atoms with E-state index < -0.39 is 24.2 Å². The van der Waals surface area contributed by atoms with Crippen LogP contribution in [0.25, 0.3) is 0 Å². The van der Waals surface area contributed by atoms with Crippen LogP contribution in [0.1, 0.15) is 6.42 Å². The number of ether oxygens (including phenoxy) is 1. The van der Waals surface area contributed by atoms with E-state index in [1.165, 1.54) is 0 Å². The van der Waals surface area contributed by atoms with E-state index in [1.54, 1.807) is 0 Å². The molecule has 1 saturated heterocycles. The van der Waals surface area contributed by atoms with Crippen LogP contribution in [-0.2, 0) is 9.53 Å². The van der Waals surface area contributed by atoms with Gasteiger partial charge in [-0.2, -0.15) is 0 Å². The minimum atomic E-state index is -2.57. The molecular weight excluding hydrogens is 158 g/mol. The second-order valence-corrected chi connectivity index (χ2v) is 2.67. The number of carboxylic acids is 1. The Morgan fingerprint density at radius 3 is 2.27 bits per heavy atom. The third kappa shape index (κ3) is 1.48. The predicted molar refractivity (Wildman–Crippen MR) is 31.5 cm³/mol. The second kappa shape index (κ2) is 2.73. The first-order chi connectivity index (χ1) is 5.07. The maximum Gasteiger partial charge on any atom is 0.314 e. The molecule has 0 aliphatic carbocycles. The predicted octanol–water partition coefficient (Wildman–Crippen LogP) is 0.743. The minimum absolute atomic E-state index is 0.0906. The lowest BCUT2D eigenvalue weighted by atomic mass is 9.83. The normalized spacial score (nSPS) is 21.4. The highest BCUT2D eigenvalue weighted by Gasteiger charge is 2.48. The van der Waals surface area contributed by atoms with Gasteiger partial charge in [-0.15, -0.1) is 0 Å². The van der Waals surface area contributed by atoms with Gasteiger partial charge >= 0.3 is 5.97 Å². The number of halogens is 2. The smallest absolute Gasteiger partial charge is 0.314 e. The average molecular weight is 166 g/mol. The molecule has 0 saturated carbocycles. The van der Waals surface area contributed by atoms with Crippen LogP contribution in [0, 0.1) is 5.41 Å². The number of hydrogen-bond acceptors (Lipinski definition) is 2. The topological polar surface area (TPSA) is 46.5 Å². The molecule has 0 aromatic carbocycles. The molecule has 0 aromatic heterocycles. The Balaban J connectivity index is 2.54. The van der Waals surface area contributed by atoms with Gasteiger partial charge in [-0.1, -0.05) is 0 Å². The SMILES string of the molecule is O=C(O)C1(CC(F)F)COC1. The van der Waals surface area contributed by atoms with Crippen molar-refractivity contribution in [3.05, 3.63) is 0 Å². The maximum atomic E-state index is 11.8. The number of carboxylic acid groups (broad SMARTS) is 1. The first-order valence-corrected chi connectivity index (χ1v) is 3.16. The fourth-order valence-electron chi connectivity index (χ4n) is 0.972. The maximum absolute atomic E-state index is 11.8. The quantitative estimate of drug-likeness (QED) is 0.672. The molecule has 5 heteroatoms. The molecule has 1 rings (SSSR count). The van der Waals surface area contributed by atoms with E-state index in [9.17, 15) is 13.6 Å². The zero-order valence-corrected chi connectivity index (χ0v) is 5.72. The summed E-state index contributed by atoms with van der Waals surface area (Å²) in [6.07, 6.45) is -3.18. The Morgan fingerprint density at radius 1 is 1.64 bits per heavy atom. The van der Waals surface area contributed by atoms with Gasteiger partial charge in [0.15, 0.2) is 0 Å². The summed E-state index contributed by atoms with van der Waals surface area (Å²) in [5, 5.41) is 8.52. The minimum Gasteiger partial charge on any atom is -0.481 e. The van der Waals surface area contributed by atoms with Crippen molar-refractivity contribution in [3.8, 4) is 0 Å². The van der Waals surface area contributed by atoms with Crippen molar-refractivity contribution in [2.75, 3.05) is 13.2 Å². The summed E-state index contributed by atoms with van der Waals surface area (Å²) >= 11 is 0. The Hall–Kier alpha value is -0.710. The third-order valence-electron chi connectivity index (χ3n) is 1.76. The van der Waals surface area contributed by atoms with Gasteiger partial charge in [0.05, 0.1) is 13.2 Å². The Morgan fingerprint density at radius 2 is 2.18 bits per heavy atom. The van der Waals surface area contributed by atoms with Gasteiger partial charge in [-0.3, -0.25) is 4.79 Å². The van der Waals surface area contributed by atoms with Gasteiger partial charge in [0.1, 0.15) is 5.41 Å². The van der Waals surface area contributed by atoms with Crippen LogP contribution in [0.3, 0.4) is 0 Å². The van der Waals surface area contributed by atoms with Crippen molar-refractivity contribution in [1.29, 1.82) is 0 Å². The van der Waals surface area contributed by atoms with Crippen LogP contribution >= 0.6 is 0 Å². The highest BCUT2D eigenvalue weighted by atomic mass is 19.3. The van der Waals surface area contributed by atoms with Crippen LogP contribution in [-0.4, -0.2) is 30.7 Å². The monoisotopic (exact) mass is 166 g/mol. The van der Waals surface area contributed by atoms with Gasteiger partial charge in [0, 0.05) is 6.42 Å². The van der Waals surface area contributed by atoms with E-state index in [4.69, 9.17) is 5.11 Å². The lowest BCUT2D eigenvalue weighted by Gasteiger charge is -2.36. The summed E-state index contributed by atoms with van der Waals surface area (Å²) in [6, 6.07) is 0. The molecule has 0 amide bonds. The van der Waals surface area contributed by atoms with Crippen molar-refractivity contribution >= 4 is 5.97 Å². The lowest BCUT2D eigenvalue weighted by Crippen LogP contribution is -2.50. The molecule has 11 heavy (non-hydrogen) atoms. The number of aliphatic carboxylic acids is 1.